The number of aromatic nitrogens is 2. The van der Waals surface area contributed by atoms with Gasteiger partial charge in [0.15, 0.2) is 0 Å². The van der Waals surface area contributed by atoms with Crippen LogP contribution in [0, 0.1) is 12.8 Å². The fourth-order valence-corrected chi connectivity index (χ4v) is 2.54. The monoisotopic (exact) mass is 277 g/mol. The third kappa shape index (κ3) is 3.26. The van der Waals surface area contributed by atoms with Crippen LogP contribution in [-0.4, -0.2) is 36.1 Å². The van der Waals surface area contributed by atoms with Crippen molar-refractivity contribution in [3.05, 3.63) is 17.6 Å². The standard InChI is InChI=1S/C15H23N3O2/c1-10(2)14-16-11(3)8-13(17-14)18-7-5-6-12(9-18)15(19)20-4/h8,10,12H,5-7,9H2,1-4H3/t12-/m0/s1. The zero-order valence-corrected chi connectivity index (χ0v) is 12.7. The van der Waals surface area contributed by atoms with E-state index >= 15 is 0 Å². The molecule has 5 nitrogen and oxygen atoms in total. The van der Waals surface area contributed by atoms with E-state index in [-0.39, 0.29) is 11.9 Å². The first kappa shape index (κ1) is 14.8. The Morgan fingerprint density at radius 3 is 2.85 bits per heavy atom. The molecule has 5 heteroatoms. The van der Waals surface area contributed by atoms with E-state index < -0.39 is 0 Å². The number of aryl methyl sites for hydroxylation is 1. The Hall–Kier alpha value is -1.65. The van der Waals surface area contributed by atoms with Crippen LogP contribution < -0.4 is 4.90 Å². The smallest absolute Gasteiger partial charge is 0.310 e. The quantitative estimate of drug-likeness (QED) is 0.793. The number of ether oxygens (including phenoxy) is 1. The van der Waals surface area contributed by atoms with Crippen molar-refractivity contribution >= 4 is 11.8 Å². The van der Waals surface area contributed by atoms with E-state index in [9.17, 15) is 4.79 Å². The molecule has 0 aromatic carbocycles. The maximum absolute atomic E-state index is 11.7. The maximum Gasteiger partial charge on any atom is 0.310 e. The van der Waals surface area contributed by atoms with E-state index in [1.807, 2.05) is 13.0 Å². The summed E-state index contributed by atoms with van der Waals surface area (Å²) in [6, 6.07) is 1.99. The van der Waals surface area contributed by atoms with Crippen LogP contribution >= 0.6 is 0 Å². The van der Waals surface area contributed by atoms with Crippen LogP contribution in [0.2, 0.25) is 0 Å². The third-order valence-electron chi connectivity index (χ3n) is 3.65. The summed E-state index contributed by atoms with van der Waals surface area (Å²) < 4.78 is 4.86. The van der Waals surface area contributed by atoms with Crippen LogP contribution in [0.3, 0.4) is 0 Å². The topological polar surface area (TPSA) is 55.3 Å². The number of nitrogens with zero attached hydrogens (tertiary/aromatic N) is 3. The van der Waals surface area contributed by atoms with Crippen molar-refractivity contribution in [2.75, 3.05) is 25.1 Å². The summed E-state index contributed by atoms with van der Waals surface area (Å²) in [4.78, 5) is 23.0. The fraction of sp³-hybridized carbons (Fsp3) is 0.667. The Morgan fingerprint density at radius 1 is 1.45 bits per heavy atom. The highest BCUT2D eigenvalue weighted by atomic mass is 16.5. The third-order valence-corrected chi connectivity index (χ3v) is 3.65. The van der Waals surface area contributed by atoms with E-state index in [1.165, 1.54) is 7.11 Å². The Labute approximate surface area is 120 Å². The molecule has 1 aliphatic rings. The second-order valence-corrected chi connectivity index (χ2v) is 5.69. The molecule has 1 aromatic heterocycles. The van der Waals surface area contributed by atoms with E-state index in [0.717, 1.165) is 36.7 Å². The molecule has 2 rings (SSSR count). The van der Waals surface area contributed by atoms with Crippen molar-refractivity contribution < 1.29 is 9.53 Å². The SMILES string of the molecule is COC(=O)[C@H]1CCCN(c2cc(C)nc(C(C)C)n2)C1. The molecular formula is C15H23N3O2. The van der Waals surface area contributed by atoms with Crippen LogP contribution in [0.25, 0.3) is 0 Å². The molecule has 1 saturated heterocycles. The van der Waals surface area contributed by atoms with Gasteiger partial charge in [-0.2, -0.15) is 0 Å². The summed E-state index contributed by atoms with van der Waals surface area (Å²) in [5.41, 5.74) is 0.971. The molecule has 110 valence electrons. The second-order valence-electron chi connectivity index (χ2n) is 5.69. The molecule has 0 spiro atoms. The molecular weight excluding hydrogens is 254 g/mol. The molecule has 0 bridgehead atoms. The second kappa shape index (κ2) is 6.20. The fourth-order valence-electron chi connectivity index (χ4n) is 2.54. The normalized spacial score (nSPS) is 19.2. The summed E-state index contributed by atoms with van der Waals surface area (Å²) >= 11 is 0. The van der Waals surface area contributed by atoms with Gasteiger partial charge in [0.25, 0.3) is 0 Å². The zero-order valence-electron chi connectivity index (χ0n) is 12.7. The number of esters is 1. The van der Waals surface area contributed by atoms with E-state index in [2.05, 4.69) is 28.7 Å². The number of hydrogen-bond acceptors (Lipinski definition) is 5. The predicted molar refractivity (Wildman–Crippen MR) is 77.8 cm³/mol. The van der Waals surface area contributed by atoms with Crippen molar-refractivity contribution in [3.63, 3.8) is 0 Å². The first-order valence-electron chi connectivity index (χ1n) is 7.19. The Balaban J connectivity index is 2.20. The van der Waals surface area contributed by atoms with E-state index in [0.29, 0.717) is 12.5 Å². The number of anilines is 1. The average molecular weight is 277 g/mol. The van der Waals surface area contributed by atoms with Crippen molar-refractivity contribution in [2.24, 2.45) is 5.92 Å². The van der Waals surface area contributed by atoms with Gasteiger partial charge < -0.3 is 9.64 Å². The molecule has 0 N–H and O–H groups in total. The highest BCUT2D eigenvalue weighted by Gasteiger charge is 2.27. The van der Waals surface area contributed by atoms with Crippen LogP contribution in [0.5, 0.6) is 0 Å². The average Bonchev–Trinajstić information content (AvgIpc) is 2.45. The van der Waals surface area contributed by atoms with Gasteiger partial charge in [0, 0.05) is 30.8 Å². The largest absolute Gasteiger partial charge is 0.469 e. The molecule has 0 unspecified atom stereocenters. The van der Waals surface area contributed by atoms with Gasteiger partial charge in [0.1, 0.15) is 11.6 Å². The molecule has 1 fully saturated rings. The Morgan fingerprint density at radius 2 is 2.20 bits per heavy atom. The molecule has 0 radical (unpaired) electrons. The number of carbonyl (C=O) groups is 1. The number of rotatable bonds is 3. The minimum absolute atomic E-state index is 0.0495. The number of carbonyl (C=O) groups excluding carboxylic acids is 1. The van der Waals surface area contributed by atoms with Crippen molar-refractivity contribution in [1.82, 2.24) is 9.97 Å². The predicted octanol–water partition coefficient (Wildman–Crippen LogP) is 2.30. The Kier molecular flexibility index (Phi) is 4.57. The first-order chi connectivity index (χ1) is 9.51. The van der Waals surface area contributed by atoms with Gasteiger partial charge in [-0.3, -0.25) is 4.79 Å². The van der Waals surface area contributed by atoms with Gasteiger partial charge in [-0.1, -0.05) is 13.8 Å². The summed E-state index contributed by atoms with van der Waals surface area (Å²) in [5.74, 6) is 1.92. The number of methoxy groups -OCH3 is 1. The highest BCUT2D eigenvalue weighted by Crippen LogP contribution is 2.24. The van der Waals surface area contributed by atoms with Gasteiger partial charge in [0.05, 0.1) is 13.0 Å². The van der Waals surface area contributed by atoms with Gasteiger partial charge in [0.2, 0.25) is 0 Å². The lowest BCUT2D eigenvalue weighted by Crippen LogP contribution is -2.39. The van der Waals surface area contributed by atoms with Crippen LogP contribution in [0.1, 0.15) is 44.1 Å². The summed E-state index contributed by atoms with van der Waals surface area (Å²) in [7, 11) is 1.45. The van der Waals surface area contributed by atoms with Crippen molar-refractivity contribution in [3.8, 4) is 0 Å². The molecule has 0 amide bonds. The molecule has 20 heavy (non-hydrogen) atoms. The van der Waals surface area contributed by atoms with E-state index in [4.69, 9.17) is 4.74 Å². The molecule has 0 saturated carbocycles. The van der Waals surface area contributed by atoms with Gasteiger partial charge in [-0.25, -0.2) is 9.97 Å². The van der Waals surface area contributed by atoms with Crippen LogP contribution in [0.4, 0.5) is 5.82 Å². The highest BCUT2D eigenvalue weighted by molar-refractivity contribution is 5.73. The van der Waals surface area contributed by atoms with Crippen molar-refractivity contribution in [2.45, 2.75) is 39.5 Å². The minimum Gasteiger partial charge on any atom is -0.469 e. The van der Waals surface area contributed by atoms with Crippen LogP contribution in [-0.2, 0) is 9.53 Å². The van der Waals surface area contributed by atoms with E-state index in [1.54, 1.807) is 0 Å². The molecule has 1 aliphatic heterocycles. The number of hydrogen-bond donors (Lipinski definition) is 0. The van der Waals surface area contributed by atoms with Gasteiger partial charge in [-0.05, 0) is 19.8 Å². The maximum atomic E-state index is 11.7. The molecule has 1 atom stereocenters. The van der Waals surface area contributed by atoms with Gasteiger partial charge in [-0.15, -0.1) is 0 Å². The molecule has 1 aromatic rings. The lowest BCUT2D eigenvalue weighted by atomic mass is 9.98. The Bertz CT molecular complexity index is 488. The van der Waals surface area contributed by atoms with Gasteiger partial charge >= 0.3 is 5.97 Å². The van der Waals surface area contributed by atoms with Crippen molar-refractivity contribution in [1.29, 1.82) is 0 Å². The molecule has 2 heterocycles. The summed E-state index contributed by atoms with van der Waals surface area (Å²) in [6.07, 6.45) is 1.88. The first-order valence-corrected chi connectivity index (χ1v) is 7.19. The summed E-state index contributed by atoms with van der Waals surface area (Å²) in [6.45, 7) is 7.78. The lowest BCUT2D eigenvalue weighted by Gasteiger charge is -2.32. The van der Waals surface area contributed by atoms with Crippen LogP contribution in [0.15, 0.2) is 6.07 Å². The minimum atomic E-state index is -0.121. The summed E-state index contributed by atoms with van der Waals surface area (Å²) in [5, 5.41) is 0. The molecule has 0 aliphatic carbocycles. The lowest BCUT2D eigenvalue weighted by molar-refractivity contribution is -0.145. The number of piperidine rings is 1. The zero-order chi connectivity index (χ0) is 14.7.